The number of aliphatic imine (C=N–C) groups is 1. The molecule has 3 aromatic rings. The number of nitrogens with one attached hydrogen (secondary N) is 2. The molecule has 0 amide bonds. The van der Waals surface area contributed by atoms with Crippen LogP contribution in [0.25, 0.3) is 10.9 Å². The molecular weight excluding hydrogens is 355 g/mol. The first-order chi connectivity index (χ1) is 13.5. The lowest BCUT2D eigenvalue weighted by atomic mass is 10.1. The van der Waals surface area contributed by atoms with Crippen LogP contribution in [0.1, 0.15) is 25.8 Å². The second-order valence-corrected chi connectivity index (χ2v) is 6.84. The lowest BCUT2D eigenvalue weighted by molar-refractivity contribution is 0.457. The van der Waals surface area contributed by atoms with Crippen molar-refractivity contribution < 1.29 is 9.50 Å². The number of aromatic hydroxyl groups is 1. The van der Waals surface area contributed by atoms with Crippen molar-refractivity contribution >= 4 is 28.0 Å². The van der Waals surface area contributed by atoms with Crippen molar-refractivity contribution in [3.63, 3.8) is 0 Å². The molecule has 0 radical (unpaired) electrons. The third-order valence-corrected chi connectivity index (χ3v) is 4.74. The Morgan fingerprint density at radius 2 is 1.93 bits per heavy atom. The molecule has 0 aliphatic carbocycles. The molecule has 2 aromatic carbocycles. The highest BCUT2D eigenvalue weighted by Crippen LogP contribution is 2.30. The predicted molar refractivity (Wildman–Crippen MR) is 115 cm³/mol. The summed E-state index contributed by atoms with van der Waals surface area (Å²) in [5.41, 5.74) is 3.78. The number of fused-ring (bicyclic) bond motifs is 1. The molecule has 0 spiro atoms. The lowest BCUT2D eigenvalue weighted by Gasteiger charge is -2.24. The van der Waals surface area contributed by atoms with Crippen LogP contribution >= 0.6 is 0 Å². The van der Waals surface area contributed by atoms with Gasteiger partial charge in [0.2, 0.25) is 0 Å². The zero-order valence-electron chi connectivity index (χ0n) is 16.6. The zero-order chi connectivity index (χ0) is 20.1. The normalized spacial score (nSPS) is 11.9. The van der Waals surface area contributed by atoms with Crippen LogP contribution in [0.2, 0.25) is 0 Å². The average molecular weight is 382 g/mol. The quantitative estimate of drug-likeness (QED) is 0.499. The summed E-state index contributed by atoms with van der Waals surface area (Å²) in [5.74, 6) is -0.345. The number of halogens is 1. The number of benzene rings is 2. The van der Waals surface area contributed by atoms with Gasteiger partial charge in [0.25, 0.3) is 0 Å². The number of hydrogen-bond acceptors (Lipinski definition) is 4. The van der Waals surface area contributed by atoms with Crippen LogP contribution in [-0.4, -0.2) is 42.5 Å². The highest BCUT2D eigenvalue weighted by Gasteiger charge is 2.14. The second kappa shape index (κ2) is 8.89. The van der Waals surface area contributed by atoms with E-state index in [1.165, 1.54) is 12.1 Å². The summed E-state index contributed by atoms with van der Waals surface area (Å²) in [6, 6.07) is 12.4. The van der Waals surface area contributed by atoms with Gasteiger partial charge >= 0.3 is 0 Å². The van der Waals surface area contributed by atoms with E-state index in [4.69, 9.17) is 0 Å². The molecule has 0 saturated heterocycles. The van der Waals surface area contributed by atoms with E-state index in [1.54, 1.807) is 6.07 Å². The Morgan fingerprint density at radius 1 is 1.18 bits per heavy atom. The summed E-state index contributed by atoms with van der Waals surface area (Å²) in [7, 11) is 1.96. The van der Waals surface area contributed by atoms with E-state index in [1.807, 2.05) is 26.1 Å². The number of likely N-dealkylation sites (N-methyl/N-ethyl adjacent to an activating group) is 1. The standard InChI is InChI=1S/C22H27FN4O/c1-4-12-27(13-11-24-3)18-8-6-17(7-9-18)25-15(2)21-19-14-16(23)5-10-20(19)26-22(21)28/h5-10,14,24,26,28H,4,11-13H2,1-3H3. The number of aromatic nitrogens is 1. The minimum absolute atomic E-state index is 0.000318. The third kappa shape index (κ3) is 4.34. The molecule has 0 bridgehead atoms. The van der Waals surface area contributed by atoms with Crippen LogP contribution < -0.4 is 10.2 Å². The number of H-pyrrole nitrogens is 1. The van der Waals surface area contributed by atoms with Crippen LogP contribution in [0.5, 0.6) is 5.88 Å². The van der Waals surface area contributed by atoms with E-state index in [2.05, 4.69) is 39.2 Å². The summed E-state index contributed by atoms with van der Waals surface area (Å²) in [6.07, 6.45) is 1.08. The minimum atomic E-state index is -0.345. The molecular formula is C22H27FN4O. The van der Waals surface area contributed by atoms with Gasteiger partial charge in [0.05, 0.1) is 17.0 Å². The molecule has 5 nitrogen and oxygen atoms in total. The number of anilines is 1. The monoisotopic (exact) mass is 382 g/mol. The van der Waals surface area contributed by atoms with E-state index in [0.29, 0.717) is 22.2 Å². The fourth-order valence-electron chi connectivity index (χ4n) is 3.39. The Hall–Kier alpha value is -2.86. The third-order valence-electron chi connectivity index (χ3n) is 4.74. The van der Waals surface area contributed by atoms with Crippen molar-refractivity contribution in [3.05, 3.63) is 53.8 Å². The maximum Gasteiger partial charge on any atom is 0.198 e. The first-order valence-corrected chi connectivity index (χ1v) is 9.59. The van der Waals surface area contributed by atoms with Crippen molar-refractivity contribution in [2.45, 2.75) is 20.3 Å². The van der Waals surface area contributed by atoms with Crippen LogP contribution in [0.4, 0.5) is 15.8 Å². The van der Waals surface area contributed by atoms with Gasteiger partial charge in [0.15, 0.2) is 5.88 Å². The van der Waals surface area contributed by atoms with E-state index < -0.39 is 0 Å². The Kier molecular flexibility index (Phi) is 6.31. The maximum atomic E-state index is 13.6. The van der Waals surface area contributed by atoms with Gasteiger partial charge in [-0.15, -0.1) is 0 Å². The second-order valence-electron chi connectivity index (χ2n) is 6.84. The van der Waals surface area contributed by atoms with E-state index in [0.717, 1.165) is 37.4 Å². The van der Waals surface area contributed by atoms with Crippen LogP contribution in [-0.2, 0) is 0 Å². The molecule has 0 saturated carbocycles. The molecule has 3 rings (SSSR count). The Labute approximate surface area is 164 Å². The summed E-state index contributed by atoms with van der Waals surface area (Å²) >= 11 is 0. The van der Waals surface area contributed by atoms with Gasteiger partial charge in [-0.05, 0) is 62.9 Å². The molecule has 1 aromatic heterocycles. The van der Waals surface area contributed by atoms with Crippen molar-refractivity contribution in [2.24, 2.45) is 4.99 Å². The summed E-state index contributed by atoms with van der Waals surface area (Å²) in [5, 5.41) is 14.1. The van der Waals surface area contributed by atoms with Gasteiger partial charge in [0.1, 0.15) is 5.82 Å². The Morgan fingerprint density at radius 3 is 2.61 bits per heavy atom. The fourth-order valence-corrected chi connectivity index (χ4v) is 3.39. The Bertz CT molecular complexity index is 963. The van der Waals surface area contributed by atoms with Crippen LogP contribution in [0.3, 0.4) is 0 Å². The molecule has 0 aliphatic rings. The molecule has 148 valence electrons. The number of rotatable bonds is 8. The van der Waals surface area contributed by atoms with Crippen molar-refractivity contribution in [1.82, 2.24) is 10.3 Å². The molecule has 6 heteroatoms. The summed E-state index contributed by atoms with van der Waals surface area (Å²) < 4.78 is 13.6. The van der Waals surface area contributed by atoms with E-state index >= 15 is 0 Å². The van der Waals surface area contributed by atoms with Crippen molar-refractivity contribution in [2.75, 3.05) is 31.6 Å². The minimum Gasteiger partial charge on any atom is -0.494 e. The van der Waals surface area contributed by atoms with E-state index in [9.17, 15) is 9.50 Å². The van der Waals surface area contributed by atoms with Gasteiger partial charge in [-0.3, -0.25) is 4.99 Å². The van der Waals surface area contributed by atoms with Gasteiger partial charge in [-0.25, -0.2) is 4.39 Å². The first kappa shape index (κ1) is 19.9. The molecule has 28 heavy (non-hydrogen) atoms. The fraction of sp³-hybridized carbons (Fsp3) is 0.318. The molecule has 0 atom stereocenters. The molecule has 1 heterocycles. The van der Waals surface area contributed by atoms with Crippen LogP contribution in [0.15, 0.2) is 47.5 Å². The highest BCUT2D eigenvalue weighted by atomic mass is 19.1. The van der Waals surface area contributed by atoms with E-state index in [-0.39, 0.29) is 11.7 Å². The SMILES string of the molecule is CCCN(CCNC)c1ccc(N=C(C)c2c(O)[nH]c3ccc(F)cc23)cc1. The molecule has 0 fully saturated rings. The van der Waals surface area contributed by atoms with Crippen LogP contribution in [0, 0.1) is 5.82 Å². The first-order valence-electron chi connectivity index (χ1n) is 9.59. The van der Waals surface area contributed by atoms with Gasteiger partial charge < -0.3 is 20.3 Å². The van der Waals surface area contributed by atoms with Gasteiger partial charge in [-0.1, -0.05) is 6.92 Å². The predicted octanol–water partition coefficient (Wildman–Crippen LogP) is 4.59. The topological polar surface area (TPSA) is 63.6 Å². The van der Waals surface area contributed by atoms with Gasteiger partial charge in [0, 0.05) is 36.2 Å². The van der Waals surface area contributed by atoms with Crippen molar-refractivity contribution in [1.29, 1.82) is 0 Å². The van der Waals surface area contributed by atoms with Gasteiger partial charge in [-0.2, -0.15) is 0 Å². The summed E-state index contributed by atoms with van der Waals surface area (Å²) in [4.78, 5) is 9.85. The summed E-state index contributed by atoms with van der Waals surface area (Å²) in [6.45, 7) is 6.86. The molecule has 0 aliphatic heterocycles. The smallest absolute Gasteiger partial charge is 0.198 e. The highest BCUT2D eigenvalue weighted by molar-refractivity contribution is 6.12. The largest absolute Gasteiger partial charge is 0.494 e. The average Bonchev–Trinajstić information content (AvgIpc) is 3.01. The number of aromatic amines is 1. The maximum absolute atomic E-state index is 13.6. The number of nitrogens with zero attached hydrogens (tertiary/aromatic N) is 2. The Balaban J connectivity index is 1.87. The lowest BCUT2D eigenvalue weighted by Crippen LogP contribution is -2.31. The number of hydrogen-bond donors (Lipinski definition) is 3. The molecule has 0 unspecified atom stereocenters. The molecule has 3 N–H and O–H groups in total. The van der Waals surface area contributed by atoms with Crippen molar-refractivity contribution in [3.8, 4) is 5.88 Å². The zero-order valence-corrected chi connectivity index (χ0v) is 16.6.